The fourth-order valence-corrected chi connectivity index (χ4v) is 1.73. The second-order valence-electron chi connectivity index (χ2n) is 4.30. The third-order valence-electron chi connectivity index (χ3n) is 2.78. The monoisotopic (exact) mass is 273 g/mol. The van der Waals surface area contributed by atoms with E-state index < -0.39 is 23.9 Å². The van der Waals surface area contributed by atoms with Gasteiger partial charge in [-0.05, 0) is 12.8 Å². The van der Waals surface area contributed by atoms with Crippen molar-refractivity contribution < 1.29 is 24.2 Å². The van der Waals surface area contributed by atoms with E-state index in [1.165, 1.54) is 4.90 Å². The Hall–Kier alpha value is -1.83. The molecule has 8 nitrogen and oxygen atoms in total. The molecule has 8 heteroatoms. The van der Waals surface area contributed by atoms with Crippen molar-refractivity contribution in [2.45, 2.75) is 25.3 Å². The molecule has 1 atom stereocenters. The molecular formula is C11H19N3O5. The van der Waals surface area contributed by atoms with Gasteiger partial charge in [0.2, 0.25) is 5.91 Å². The molecule has 0 spiro atoms. The predicted molar refractivity (Wildman–Crippen MR) is 65.4 cm³/mol. The summed E-state index contributed by atoms with van der Waals surface area (Å²) in [5, 5.41) is 11.4. The van der Waals surface area contributed by atoms with Crippen LogP contribution >= 0.6 is 0 Å². The highest BCUT2D eigenvalue weighted by molar-refractivity contribution is 5.83. The normalized spacial score (nSPS) is 17.4. The highest BCUT2D eigenvalue weighted by atomic mass is 16.5. The minimum atomic E-state index is -1.18. The van der Waals surface area contributed by atoms with Crippen molar-refractivity contribution in [2.75, 3.05) is 26.3 Å². The molecule has 0 radical (unpaired) electrons. The summed E-state index contributed by atoms with van der Waals surface area (Å²) in [7, 11) is 0. The van der Waals surface area contributed by atoms with Crippen LogP contribution in [-0.4, -0.2) is 60.3 Å². The lowest BCUT2D eigenvalue weighted by molar-refractivity contribution is -0.139. The Labute approximate surface area is 110 Å². The van der Waals surface area contributed by atoms with Crippen molar-refractivity contribution in [3.63, 3.8) is 0 Å². The van der Waals surface area contributed by atoms with E-state index in [0.717, 1.165) is 0 Å². The van der Waals surface area contributed by atoms with Crippen LogP contribution in [0.2, 0.25) is 0 Å². The van der Waals surface area contributed by atoms with Crippen molar-refractivity contribution in [2.24, 2.45) is 5.73 Å². The molecule has 0 aromatic carbocycles. The minimum Gasteiger partial charge on any atom is -0.480 e. The number of urea groups is 1. The number of carbonyl (C=O) groups excluding carboxylic acids is 2. The number of amides is 3. The van der Waals surface area contributed by atoms with Gasteiger partial charge in [-0.1, -0.05) is 0 Å². The number of carboxylic acids is 1. The zero-order valence-corrected chi connectivity index (χ0v) is 10.6. The molecule has 1 aliphatic rings. The van der Waals surface area contributed by atoms with Gasteiger partial charge in [-0.2, -0.15) is 0 Å². The number of aliphatic carboxylic acids is 1. The lowest BCUT2D eigenvalue weighted by Gasteiger charge is -2.23. The molecule has 1 saturated heterocycles. The molecule has 1 fully saturated rings. The van der Waals surface area contributed by atoms with Crippen LogP contribution in [0.15, 0.2) is 0 Å². The number of nitrogens with one attached hydrogen (secondary N) is 1. The minimum absolute atomic E-state index is 0.0131. The largest absolute Gasteiger partial charge is 0.480 e. The molecule has 1 rings (SSSR count). The van der Waals surface area contributed by atoms with Crippen molar-refractivity contribution in [1.82, 2.24) is 10.2 Å². The van der Waals surface area contributed by atoms with Gasteiger partial charge in [0.15, 0.2) is 0 Å². The summed E-state index contributed by atoms with van der Waals surface area (Å²) in [5.41, 5.74) is 4.96. The number of nitrogens with zero attached hydrogens (tertiary/aromatic N) is 1. The quantitative estimate of drug-likeness (QED) is 0.601. The van der Waals surface area contributed by atoms with Crippen LogP contribution in [0, 0.1) is 0 Å². The second kappa shape index (κ2) is 7.57. The summed E-state index contributed by atoms with van der Waals surface area (Å²) in [6, 6.07) is -1.56. The van der Waals surface area contributed by atoms with E-state index >= 15 is 0 Å². The van der Waals surface area contributed by atoms with E-state index in [1.54, 1.807) is 0 Å². The SMILES string of the molecule is NC(=O)CCC(NC(=O)N1CCCOCC1)C(=O)O. The van der Waals surface area contributed by atoms with Crippen LogP contribution in [0.3, 0.4) is 0 Å². The lowest BCUT2D eigenvalue weighted by atomic mass is 10.1. The Bertz CT molecular complexity index is 339. The zero-order chi connectivity index (χ0) is 14.3. The molecule has 0 aromatic rings. The zero-order valence-electron chi connectivity index (χ0n) is 10.6. The molecule has 1 unspecified atom stereocenters. The number of ether oxygens (including phenoxy) is 1. The molecule has 19 heavy (non-hydrogen) atoms. The fraction of sp³-hybridized carbons (Fsp3) is 0.727. The van der Waals surface area contributed by atoms with Gasteiger partial charge in [-0.25, -0.2) is 9.59 Å². The van der Waals surface area contributed by atoms with E-state index in [9.17, 15) is 14.4 Å². The van der Waals surface area contributed by atoms with Gasteiger partial charge >= 0.3 is 12.0 Å². The van der Waals surface area contributed by atoms with Crippen molar-refractivity contribution in [1.29, 1.82) is 0 Å². The first-order valence-corrected chi connectivity index (χ1v) is 6.15. The van der Waals surface area contributed by atoms with E-state index in [4.69, 9.17) is 15.6 Å². The topological polar surface area (TPSA) is 122 Å². The molecular weight excluding hydrogens is 254 g/mol. The third kappa shape index (κ3) is 5.56. The van der Waals surface area contributed by atoms with Crippen molar-refractivity contribution in [3.8, 4) is 0 Å². The van der Waals surface area contributed by atoms with Gasteiger partial charge in [0.1, 0.15) is 6.04 Å². The molecule has 3 amide bonds. The van der Waals surface area contributed by atoms with Gasteiger partial charge in [-0.3, -0.25) is 4.79 Å². The Kier molecular flexibility index (Phi) is 6.07. The van der Waals surface area contributed by atoms with E-state index in [0.29, 0.717) is 32.7 Å². The number of carbonyl (C=O) groups is 3. The molecule has 108 valence electrons. The van der Waals surface area contributed by atoms with E-state index in [2.05, 4.69) is 5.32 Å². The van der Waals surface area contributed by atoms with Gasteiger partial charge in [0.25, 0.3) is 0 Å². The van der Waals surface area contributed by atoms with Crippen molar-refractivity contribution in [3.05, 3.63) is 0 Å². The number of hydrogen-bond acceptors (Lipinski definition) is 4. The average Bonchev–Trinajstić information content (AvgIpc) is 2.62. The maximum absolute atomic E-state index is 11.9. The molecule has 0 saturated carbocycles. The number of nitrogens with two attached hydrogens (primary N) is 1. The molecule has 4 N–H and O–H groups in total. The van der Waals surface area contributed by atoms with Crippen LogP contribution in [0.1, 0.15) is 19.3 Å². The highest BCUT2D eigenvalue weighted by Crippen LogP contribution is 2.03. The number of carboxylic acid groups (broad SMARTS) is 1. The van der Waals surface area contributed by atoms with Crippen LogP contribution in [0.4, 0.5) is 4.79 Å². The Morgan fingerprint density at radius 3 is 2.68 bits per heavy atom. The van der Waals surface area contributed by atoms with Crippen LogP contribution in [0.25, 0.3) is 0 Å². The van der Waals surface area contributed by atoms with Crippen LogP contribution < -0.4 is 11.1 Å². The third-order valence-corrected chi connectivity index (χ3v) is 2.78. The second-order valence-corrected chi connectivity index (χ2v) is 4.30. The maximum Gasteiger partial charge on any atom is 0.326 e. The summed E-state index contributed by atoms with van der Waals surface area (Å²) >= 11 is 0. The van der Waals surface area contributed by atoms with Crippen LogP contribution in [-0.2, 0) is 14.3 Å². The summed E-state index contributed by atoms with van der Waals surface area (Å²) < 4.78 is 5.21. The number of primary amides is 1. The molecule has 0 aliphatic carbocycles. The summed E-state index contributed by atoms with van der Waals surface area (Å²) in [6.07, 6.45) is 0.619. The molecule has 1 aliphatic heterocycles. The van der Waals surface area contributed by atoms with E-state index in [-0.39, 0.29) is 12.8 Å². The van der Waals surface area contributed by atoms with Gasteiger partial charge in [-0.15, -0.1) is 0 Å². The van der Waals surface area contributed by atoms with Crippen molar-refractivity contribution >= 4 is 17.9 Å². The molecule has 0 aromatic heterocycles. The maximum atomic E-state index is 11.9. The number of rotatable bonds is 5. The first-order valence-electron chi connectivity index (χ1n) is 6.15. The predicted octanol–water partition coefficient (Wildman–Crippen LogP) is -0.863. The standard InChI is InChI=1S/C11H19N3O5/c12-9(15)3-2-8(10(16)17)13-11(18)14-4-1-6-19-7-5-14/h8H,1-7H2,(H2,12,15)(H,13,18)(H,16,17). The summed E-state index contributed by atoms with van der Waals surface area (Å²) in [4.78, 5) is 35.0. The Morgan fingerprint density at radius 2 is 2.05 bits per heavy atom. The van der Waals surface area contributed by atoms with Gasteiger partial charge in [0, 0.05) is 26.1 Å². The summed E-state index contributed by atoms with van der Waals surface area (Å²) in [6.45, 7) is 1.97. The van der Waals surface area contributed by atoms with Crippen LogP contribution in [0.5, 0.6) is 0 Å². The van der Waals surface area contributed by atoms with Gasteiger partial charge in [0.05, 0.1) is 6.61 Å². The van der Waals surface area contributed by atoms with Gasteiger partial charge < -0.3 is 25.8 Å². The Balaban J connectivity index is 2.49. The summed E-state index contributed by atoms with van der Waals surface area (Å²) in [5.74, 6) is -1.77. The molecule has 1 heterocycles. The Morgan fingerprint density at radius 1 is 1.32 bits per heavy atom. The lowest BCUT2D eigenvalue weighted by Crippen LogP contribution is -2.48. The smallest absolute Gasteiger partial charge is 0.326 e. The number of hydrogen-bond donors (Lipinski definition) is 3. The molecule has 0 bridgehead atoms. The first-order chi connectivity index (χ1) is 9.00. The highest BCUT2D eigenvalue weighted by Gasteiger charge is 2.24. The van der Waals surface area contributed by atoms with E-state index in [1.807, 2.05) is 0 Å². The fourth-order valence-electron chi connectivity index (χ4n) is 1.73. The first kappa shape index (κ1) is 15.2. The average molecular weight is 273 g/mol.